The highest BCUT2D eigenvalue weighted by molar-refractivity contribution is 7.79. The molecule has 0 aliphatic heterocycles. The molecule has 1 heterocycles. The van der Waals surface area contributed by atoms with Crippen molar-refractivity contribution >= 4 is 12.6 Å². The number of aryl methyl sites for hydroxylation is 1. The minimum atomic E-state index is 1.06. The molecule has 0 aliphatic rings. The topological polar surface area (TPSA) is 12.9 Å². The molecule has 0 aliphatic carbocycles. The monoisotopic (exact) mass is 217 g/mol. The van der Waals surface area contributed by atoms with Gasteiger partial charge in [-0.3, -0.25) is 4.98 Å². The molecule has 2 rings (SSSR count). The van der Waals surface area contributed by atoms with Crippen LogP contribution in [0.4, 0.5) is 0 Å². The largest absolute Gasteiger partial charge is 0.261 e. The lowest BCUT2D eigenvalue weighted by atomic mass is 10.1. The second-order valence-electron chi connectivity index (χ2n) is 3.05. The Morgan fingerprint density at radius 1 is 0.867 bits per heavy atom. The molecule has 2 aromatic rings. The molecular weight excluding hydrogens is 202 g/mol. The lowest BCUT2D eigenvalue weighted by Crippen LogP contribution is -1.81. The van der Waals surface area contributed by atoms with Crippen LogP contribution in [0.25, 0.3) is 11.1 Å². The first-order valence-electron chi connectivity index (χ1n) is 4.79. The van der Waals surface area contributed by atoms with E-state index < -0.39 is 0 Å². The second-order valence-corrected chi connectivity index (χ2v) is 3.05. The molecule has 1 aromatic carbocycles. The van der Waals surface area contributed by atoms with Gasteiger partial charge in [0, 0.05) is 17.5 Å². The number of pyridine rings is 1. The van der Waals surface area contributed by atoms with E-state index in [0.29, 0.717) is 0 Å². The molecule has 0 amide bonds. The summed E-state index contributed by atoms with van der Waals surface area (Å²) in [5.74, 6) is 0. The quantitative estimate of drug-likeness (QED) is 0.720. The number of hydrogen-bond donors (Lipinski definition) is 1. The number of benzene rings is 1. The zero-order valence-corrected chi connectivity index (χ0v) is 9.91. The molecule has 0 saturated carbocycles. The number of nitrogens with zero attached hydrogens (tertiary/aromatic N) is 1. The minimum Gasteiger partial charge on any atom is -0.261 e. The van der Waals surface area contributed by atoms with Crippen LogP contribution in [0.3, 0.4) is 0 Å². The highest BCUT2D eigenvalue weighted by Gasteiger charge is 1.94. The Balaban J connectivity index is 0.000000531. The predicted octanol–water partition coefficient (Wildman–Crippen LogP) is 3.60. The first-order chi connectivity index (χ1) is 7.36. The van der Waals surface area contributed by atoms with Crippen molar-refractivity contribution < 1.29 is 0 Å². The molecular formula is C13H15NS. The molecule has 78 valence electrons. The van der Waals surface area contributed by atoms with Gasteiger partial charge in [0.15, 0.2) is 0 Å². The van der Waals surface area contributed by atoms with E-state index in [4.69, 9.17) is 0 Å². The van der Waals surface area contributed by atoms with E-state index in [-0.39, 0.29) is 0 Å². The van der Waals surface area contributed by atoms with Crippen LogP contribution in [0.2, 0.25) is 0 Å². The third-order valence-electron chi connectivity index (χ3n) is 2.02. The third kappa shape index (κ3) is 3.40. The van der Waals surface area contributed by atoms with Gasteiger partial charge >= 0.3 is 0 Å². The summed E-state index contributed by atoms with van der Waals surface area (Å²) in [6.07, 6.45) is 3.60. The fourth-order valence-electron chi connectivity index (χ4n) is 1.27. The summed E-state index contributed by atoms with van der Waals surface area (Å²) in [5.41, 5.74) is 3.45. The van der Waals surface area contributed by atoms with Crippen molar-refractivity contribution in [3.63, 3.8) is 0 Å². The van der Waals surface area contributed by atoms with Gasteiger partial charge in [-0.1, -0.05) is 36.4 Å². The second kappa shape index (κ2) is 6.25. The van der Waals surface area contributed by atoms with Crippen LogP contribution in [-0.2, 0) is 0 Å². The smallest absolute Gasteiger partial charge is 0.0373 e. The molecule has 2 heteroatoms. The molecule has 1 nitrogen and oxygen atoms in total. The van der Waals surface area contributed by atoms with E-state index in [1.807, 2.05) is 37.4 Å². The molecule has 0 atom stereocenters. The predicted molar refractivity (Wildman–Crippen MR) is 69.3 cm³/mol. The maximum absolute atomic E-state index is 4.26. The van der Waals surface area contributed by atoms with Crippen LogP contribution in [0.5, 0.6) is 0 Å². The van der Waals surface area contributed by atoms with Gasteiger partial charge < -0.3 is 0 Å². The zero-order valence-electron chi connectivity index (χ0n) is 9.01. The fraction of sp³-hybridized carbons (Fsp3) is 0.154. The van der Waals surface area contributed by atoms with Crippen LogP contribution < -0.4 is 0 Å². The minimum absolute atomic E-state index is 1.06. The average molecular weight is 217 g/mol. The highest BCUT2D eigenvalue weighted by Crippen LogP contribution is 2.17. The molecule has 0 unspecified atom stereocenters. The summed E-state index contributed by atoms with van der Waals surface area (Å²) < 4.78 is 0. The number of thiol groups is 1. The number of rotatable bonds is 1. The molecule has 0 saturated heterocycles. The summed E-state index contributed by atoms with van der Waals surface area (Å²) in [5, 5.41) is 0. The highest BCUT2D eigenvalue weighted by atomic mass is 32.1. The first-order valence-corrected chi connectivity index (χ1v) is 5.68. The lowest BCUT2D eigenvalue weighted by Gasteiger charge is -2.00. The summed E-state index contributed by atoms with van der Waals surface area (Å²) in [6, 6.07) is 14.4. The molecule has 0 bridgehead atoms. The Labute approximate surface area is 96.6 Å². The summed E-state index contributed by atoms with van der Waals surface area (Å²) in [7, 11) is 0. The van der Waals surface area contributed by atoms with Crippen molar-refractivity contribution in [2.75, 3.05) is 6.26 Å². The maximum Gasteiger partial charge on any atom is 0.0373 e. The van der Waals surface area contributed by atoms with E-state index in [1.54, 1.807) is 6.26 Å². The Morgan fingerprint density at radius 2 is 1.53 bits per heavy atom. The van der Waals surface area contributed by atoms with Crippen molar-refractivity contribution in [3.8, 4) is 11.1 Å². The SMILES string of the molecule is CS.Cc1ccc(-c2ccccc2)cn1. The molecule has 0 radical (unpaired) electrons. The van der Waals surface area contributed by atoms with Crippen molar-refractivity contribution in [1.82, 2.24) is 4.98 Å². The van der Waals surface area contributed by atoms with Crippen LogP contribution >= 0.6 is 12.6 Å². The lowest BCUT2D eigenvalue weighted by molar-refractivity contribution is 1.20. The van der Waals surface area contributed by atoms with Crippen molar-refractivity contribution in [1.29, 1.82) is 0 Å². The van der Waals surface area contributed by atoms with Gasteiger partial charge in [-0.25, -0.2) is 0 Å². The van der Waals surface area contributed by atoms with Gasteiger partial charge in [-0.05, 0) is 24.8 Å². The summed E-state index contributed by atoms with van der Waals surface area (Å²) in [4.78, 5) is 4.26. The van der Waals surface area contributed by atoms with Gasteiger partial charge in [-0.15, -0.1) is 0 Å². The Kier molecular flexibility index (Phi) is 4.91. The third-order valence-corrected chi connectivity index (χ3v) is 2.02. The van der Waals surface area contributed by atoms with E-state index >= 15 is 0 Å². The molecule has 15 heavy (non-hydrogen) atoms. The summed E-state index contributed by atoms with van der Waals surface area (Å²) in [6.45, 7) is 1.99. The van der Waals surface area contributed by atoms with Gasteiger partial charge in [0.25, 0.3) is 0 Å². The molecule has 0 fully saturated rings. The van der Waals surface area contributed by atoms with Crippen LogP contribution in [0, 0.1) is 6.92 Å². The van der Waals surface area contributed by atoms with Gasteiger partial charge in [0.2, 0.25) is 0 Å². The molecule has 1 aromatic heterocycles. The van der Waals surface area contributed by atoms with Gasteiger partial charge in [0.05, 0.1) is 0 Å². The maximum atomic E-state index is 4.26. The fourth-order valence-corrected chi connectivity index (χ4v) is 1.27. The Morgan fingerprint density at radius 3 is 2.07 bits per heavy atom. The first kappa shape index (κ1) is 11.8. The molecule has 0 spiro atoms. The van der Waals surface area contributed by atoms with E-state index in [2.05, 4.69) is 35.8 Å². The van der Waals surface area contributed by atoms with Gasteiger partial charge in [-0.2, -0.15) is 12.6 Å². The number of hydrogen-bond acceptors (Lipinski definition) is 2. The van der Waals surface area contributed by atoms with Crippen molar-refractivity contribution in [2.24, 2.45) is 0 Å². The van der Waals surface area contributed by atoms with E-state index in [1.165, 1.54) is 11.1 Å². The Hall–Kier alpha value is -1.28. The Bertz CT molecular complexity index is 381. The van der Waals surface area contributed by atoms with Crippen molar-refractivity contribution in [3.05, 3.63) is 54.4 Å². The van der Waals surface area contributed by atoms with Crippen LogP contribution in [-0.4, -0.2) is 11.2 Å². The number of aromatic nitrogens is 1. The normalized spacial score (nSPS) is 9.00. The zero-order chi connectivity index (χ0) is 11.1. The van der Waals surface area contributed by atoms with Crippen molar-refractivity contribution in [2.45, 2.75) is 6.92 Å². The van der Waals surface area contributed by atoms with Crippen LogP contribution in [0.1, 0.15) is 5.69 Å². The van der Waals surface area contributed by atoms with E-state index in [9.17, 15) is 0 Å². The average Bonchev–Trinajstić information content (AvgIpc) is 2.34. The standard InChI is InChI=1S/C12H11N.CH4S/c1-10-7-8-12(9-13-10)11-5-3-2-4-6-11;1-2/h2-9H,1H3;2H,1H3. The van der Waals surface area contributed by atoms with Gasteiger partial charge in [0.1, 0.15) is 0 Å². The summed E-state index contributed by atoms with van der Waals surface area (Å²) >= 11 is 3.53. The van der Waals surface area contributed by atoms with Crippen LogP contribution in [0.15, 0.2) is 48.7 Å². The molecule has 0 N–H and O–H groups in total. The van der Waals surface area contributed by atoms with E-state index in [0.717, 1.165) is 5.69 Å².